The molecule has 4 rings (SSSR count). The van der Waals surface area contributed by atoms with Crippen LogP contribution in [0.15, 0.2) is 24.3 Å². The highest BCUT2D eigenvalue weighted by atomic mass is 15.1. The Morgan fingerprint density at radius 2 is 1.80 bits per heavy atom. The van der Waals surface area contributed by atoms with Gasteiger partial charge in [-0.1, -0.05) is 12.1 Å². The van der Waals surface area contributed by atoms with Crippen LogP contribution in [0.25, 0.3) is 10.9 Å². The van der Waals surface area contributed by atoms with Gasteiger partial charge < -0.3 is 11.1 Å². The summed E-state index contributed by atoms with van der Waals surface area (Å²) in [5.41, 5.74) is 6.73. The SMILES string of the molecule is Nc1nc(NCC(C2CC2)C2CC2)c2ccccc2n1. The molecule has 2 saturated carbocycles. The molecule has 2 aromatic rings. The number of hydrogen-bond donors (Lipinski definition) is 2. The highest BCUT2D eigenvalue weighted by molar-refractivity contribution is 5.89. The lowest BCUT2D eigenvalue weighted by atomic mass is 9.98. The largest absolute Gasteiger partial charge is 0.369 e. The van der Waals surface area contributed by atoms with E-state index in [4.69, 9.17) is 5.73 Å². The molecule has 4 nitrogen and oxygen atoms in total. The van der Waals surface area contributed by atoms with E-state index >= 15 is 0 Å². The summed E-state index contributed by atoms with van der Waals surface area (Å²) in [7, 11) is 0. The number of nitrogens with zero attached hydrogens (tertiary/aromatic N) is 2. The highest BCUT2D eigenvalue weighted by Crippen LogP contribution is 2.49. The van der Waals surface area contributed by atoms with E-state index in [2.05, 4.69) is 21.4 Å². The van der Waals surface area contributed by atoms with Crippen molar-refractivity contribution in [3.05, 3.63) is 24.3 Å². The number of hydrogen-bond acceptors (Lipinski definition) is 4. The van der Waals surface area contributed by atoms with Crippen LogP contribution >= 0.6 is 0 Å². The highest BCUT2D eigenvalue weighted by Gasteiger charge is 2.41. The van der Waals surface area contributed by atoms with Gasteiger partial charge in [-0.15, -0.1) is 0 Å². The molecule has 1 heterocycles. The predicted octanol–water partition coefficient (Wildman–Crippen LogP) is 3.06. The van der Waals surface area contributed by atoms with Gasteiger partial charge in [0.2, 0.25) is 5.95 Å². The lowest BCUT2D eigenvalue weighted by molar-refractivity contribution is 0.428. The first kappa shape index (κ1) is 11.9. The van der Waals surface area contributed by atoms with Gasteiger partial charge >= 0.3 is 0 Å². The summed E-state index contributed by atoms with van der Waals surface area (Å²) in [5, 5.41) is 4.60. The number of nitrogens with one attached hydrogen (secondary N) is 1. The maximum absolute atomic E-state index is 5.81. The second kappa shape index (κ2) is 4.62. The van der Waals surface area contributed by atoms with Crippen LogP contribution in [0.3, 0.4) is 0 Å². The number of rotatable bonds is 5. The number of aromatic nitrogens is 2. The Labute approximate surface area is 118 Å². The second-order valence-corrected chi connectivity index (χ2v) is 6.17. The Hall–Kier alpha value is -1.84. The summed E-state index contributed by atoms with van der Waals surface area (Å²) in [5.74, 6) is 3.95. The zero-order valence-electron chi connectivity index (χ0n) is 11.5. The molecule has 0 unspecified atom stereocenters. The smallest absolute Gasteiger partial charge is 0.222 e. The summed E-state index contributed by atoms with van der Waals surface area (Å²) in [6.45, 7) is 1.02. The van der Waals surface area contributed by atoms with Crippen LogP contribution in [-0.4, -0.2) is 16.5 Å². The molecule has 0 bridgehead atoms. The van der Waals surface area contributed by atoms with Gasteiger partial charge in [-0.05, 0) is 55.6 Å². The summed E-state index contributed by atoms with van der Waals surface area (Å²) in [6, 6.07) is 8.04. The molecule has 1 aromatic carbocycles. The zero-order valence-corrected chi connectivity index (χ0v) is 11.5. The van der Waals surface area contributed by atoms with E-state index < -0.39 is 0 Å². The summed E-state index contributed by atoms with van der Waals surface area (Å²) >= 11 is 0. The van der Waals surface area contributed by atoms with E-state index in [0.29, 0.717) is 5.95 Å². The van der Waals surface area contributed by atoms with E-state index in [1.165, 1.54) is 25.7 Å². The first-order valence-electron chi connectivity index (χ1n) is 7.57. The monoisotopic (exact) mass is 268 g/mol. The van der Waals surface area contributed by atoms with E-state index in [9.17, 15) is 0 Å². The summed E-state index contributed by atoms with van der Waals surface area (Å²) in [6.07, 6.45) is 5.65. The molecule has 0 aliphatic heterocycles. The van der Waals surface area contributed by atoms with Crippen LogP contribution < -0.4 is 11.1 Å². The van der Waals surface area contributed by atoms with Gasteiger partial charge in [0.1, 0.15) is 5.82 Å². The predicted molar refractivity (Wildman–Crippen MR) is 81.4 cm³/mol. The van der Waals surface area contributed by atoms with Crippen LogP contribution in [0.5, 0.6) is 0 Å². The van der Waals surface area contributed by atoms with E-state index in [1.807, 2.05) is 18.2 Å². The maximum atomic E-state index is 5.81. The average Bonchev–Trinajstić information content (AvgIpc) is 3.32. The fraction of sp³-hybridized carbons (Fsp3) is 0.500. The molecule has 0 spiro atoms. The standard InChI is InChI=1S/C16H20N4/c17-16-19-14-4-2-1-3-12(14)15(20-16)18-9-13(10-5-6-10)11-7-8-11/h1-4,10-11,13H,5-9H2,(H3,17,18,19,20). The summed E-state index contributed by atoms with van der Waals surface area (Å²) < 4.78 is 0. The average molecular weight is 268 g/mol. The van der Waals surface area contributed by atoms with Crippen LogP contribution in [0.1, 0.15) is 25.7 Å². The third-order valence-corrected chi connectivity index (χ3v) is 4.58. The van der Waals surface area contributed by atoms with Crippen molar-refractivity contribution in [2.75, 3.05) is 17.6 Å². The number of para-hydroxylation sites is 1. The van der Waals surface area contributed by atoms with Gasteiger partial charge in [0, 0.05) is 11.9 Å². The minimum Gasteiger partial charge on any atom is -0.369 e. The van der Waals surface area contributed by atoms with Crippen molar-refractivity contribution in [3.63, 3.8) is 0 Å². The molecule has 2 aliphatic carbocycles. The third kappa shape index (κ3) is 2.30. The van der Waals surface area contributed by atoms with Crippen LogP contribution in [0, 0.1) is 17.8 Å². The Morgan fingerprint density at radius 3 is 2.50 bits per heavy atom. The lowest BCUT2D eigenvalue weighted by Gasteiger charge is -2.17. The van der Waals surface area contributed by atoms with Crippen LogP contribution in [-0.2, 0) is 0 Å². The zero-order chi connectivity index (χ0) is 13.5. The minimum atomic E-state index is 0.348. The molecule has 104 valence electrons. The Balaban J connectivity index is 1.58. The van der Waals surface area contributed by atoms with Crippen molar-refractivity contribution >= 4 is 22.7 Å². The van der Waals surface area contributed by atoms with Crippen LogP contribution in [0.4, 0.5) is 11.8 Å². The molecule has 3 N–H and O–H groups in total. The maximum Gasteiger partial charge on any atom is 0.222 e. The molecule has 20 heavy (non-hydrogen) atoms. The van der Waals surface area contributed by atoms with Gasteiger partial charge in [0.05, 0.1) is 5.52 Å². The number of nitrogens with two attached hydrogens (primary N) is 1. The number of benzene rings is 1. The van der Waals surface area contributed by atoms with Crippen molar-refractivity contribution in [1.29, 1.82) is 0 Å². The van der Waals surface area contributed by atoms with Crippen LogP contribution in [0.2, 0.25) is 0 Å². The second-order valence-electron chi connectivity index (χ2n) is 6.17. The third-order valence-electron chi connectivity index (χ3n) is 4.58. The fourth-order valence-electron chi connectivity index (χ4n) is 3.21. The molecular weight excluding hydrogens is 248 g/mol. The molecule has 2 fully saturated rings. The molecule has 0 saturated heterocycles. The normalized spacial score (nSPS) is 18.6. The number of anilines is 2. The fourth-order valence-corrected chi connectivity index (χ4v) is 3.21. The number of nitrogen functional groups attached to an aromatic ring is 1. The Morgan fingerprint density at radius 1 is 1.10 bits per heavy atom. The van der Waals surface area contributed by atoms with Gasteiger partial charge in [0.25, 0.3) is 0 Å². The molecular formula is C16H20N4. The van der Waals surface area contributed by atoms with Gasteiger partial charge in [0.15, 0.2) is 0 Å². The molecule has 0 amide bonds. The molecule has 2 aliphatic rings. The van der Waals surface area contributed by atoms with Crippen molar-refractivity contribution in [1.82, 2.24) is 9.97 Å². The number of fused-ring (bicyclic) bond motifs is 1. The van der Waals surface area contributed by atoms with Crippen molar-refractivity contribution in [2.24, 2.45) is 17.8 Å². The Kier molecular flexibility index (Phi) is 2.76. The Bertz CT molecular complexity index is 619. The molecule has 4 heteroatoms. The van der Waals surface area contributed by atoms with Gasteiger partial charge in [-0.2, -0.15) is 4.98 Å². The summed E-state index contributed by atoms with van der Waals surface area (Å²) in [4.78, 5) is 8.67. The van der Waals surface area contributed by atoms with Gasteiger partial charge in [-0.3, -0.25) is 0 Å². The minimum absolute atomic E-state index is 0.348. The quantitative estimate of drug-likeness (QED) is 0.874. The van der Waals surface area contributed by atoms with E-state index in [0.717, 1.165) is 41.0 Å². The topological polar surface area (TPSA) is 63.8 Å². The van der Waals surface area contributed by atoms with Gasteiger partial charge in [-0.25, -0.2) is 4.98 Å². The first-order valence-corrected chi connectivity index (χ1v) is 7.57. The van der Waals surface area contributed by atoms with Crippen molar-refractivity contribution in [2.45, 2.75) is 25.7 Å². The van der Waals surface area contributed by atoms with E-state index in [-0.39, 0.29) is 0 Å². The van der Waals surface area contributed by atoms with Crippen molar-refractivity contribution < 1.29 is 0 Å². The lowest BCUT2D eigenvalue weighted by Crippen LogP contribution is -2.19. The molecule has 0 atom stereocenters. The van der Waals surface area contributed by atoms with Crippen molar-refractivity contribution in [3.8, 4) is 0 Å². The molecule has 0 radical (unpaired) electrons. The first-order chi connectivity index (χ1) is 9.81. The van der Waals surface area contributed by atoms with E-state index in [1.54, 1.807) is 0 Å². The molecule has 1 aromatic heterocycles.